The maximum Gasteiger partial charge on any atom is 0.161 e. The summed E-state index contributed by atoms with van der Waals surface area (Å²) >= 11 is 1.68. The van der Waals surface area contributed by atoms with Gasteiger partial charge in [-0.2, -0.15) is 5.26 Å². The SMILES string of the molecule is Cc1ccc(N2C(N)=C(C#N)[C@@H](c3ccc(C(C)(C)C)s3)C3=C2CCCC3=O)cc1. The van der Waals surface area contributed by atoms with Crippen LogP contribution in [0.25, 0.3) is 0 Å². The molecule has 154 valence electrons. The maximum atomic E-state index is 13.2. The van der Waals surface area contributed by atoms with Gasteiger partial charge in [0.25, 0.3) is 0 Å². The van der Waals surface area contributed by atoms with Gasteiger partial charge in [-0.25, -0.2) is 0 Å². The molecule has 1 atom stereocenters. The van der Waals surface area contributed by atoms with Crippen LogP contribution in [0.2, 0.25) is 0 Å². The number of aryl methyl sites for hydroxylation is 1. The van der Waals surface area contributed by atoms with Gasteiger partial charge in [0.2, 0.25) is 0 Å². The van der Waals surface area contributed by atoms with Crippen molar-refractivity contribution in [1.82, 2.24) is 0 Å². The van der Waals surface area contributed by atoms with Gasteiger partial charge in [-0.1, -0.05) is 38.5 Å². The van der Waals surface area contributed by atoms with Crippen molar-refractivity contribution in [1.29, 1.82) is 5.26 Å². The van der Waals surface area contributed by atoms with Crippen molar-refractivity contribution in [3.63, 3.8) is 0 Å². The summed E-state index contributed by atoms with van der Waals surface area (Å²) in [6.07, 6.45) is 2.11. The molecule has 30 heavy (non-hydrogen) atoms. The molecule has 1 aliphatic carbocycles. The first kappa shape index (κ1) is 20.4. The number of Topliss-reactive ketones (excluding diaryl/α,β-unsaturated/α-hetero) is 1. The molecule has 1 aromatic heterocycles. The molecule has 5 heteroatoms. The van der Waals surface area contributed by atoms with Crippen molar-refractivity contribution < 1.29 is 4.79 Å². The molecule has 0 unspecified atom stereocenters. The number of hydrogen-bond donors (Lipinski definition) is 1. The van der Waals surface area contributed by atoms with Crippen LogP contribution in [0.15, 0.2) is 59.1 Å². The second kappa shape index (κ2) is 7.45. The fraction of sp³-hybridized carbons (Fsp3) is 0.360. The molecule has 0 bridgehead atoms. The Labute approximate surface area is 182 Å². The molecule has 2 N–H and O–H groups in total. The second-order valence-corrected chi connectivity index (χ2v) is 10.2. The molecule has 2 heterocycles. The van der Waals surface area contributed by atoms with E-state index in [2.05, 4.69) is 39.0 Å². The van der Waals surface area contributed by atoms with E-state index in [1.807, 2.05) is 36.1 Å². The average molecular weight is 418 g/mol. The smallest absolute Gasteiger partial charge is 0.161 e. The highest BCUT2D eigenvalue weighted by molar-refractivity contribution is 7.12. The molecule has 0 saturated heterocycles. The predicted molar refractivity (Wildman–Crippen MR) is 122 cm³/mol. The normalized spacial score (nSPS) is 19.8. The topological polar surface area (TPSA) is 70.1 Å². The van der Waals surface area contributed by atoms with Crippen molar-refractivity contribution in [3.8, 4) is 6.07 Å². The van der Waals surface area contributed by atoms with Crippen LogP contribution in [0.3, 0.4) is 0 Å². The highest BCUT2D eigenvalue weighted by Crippen LogP contribution is 2.48. The van der Waals surface area contributed by atoms with Gasteiger partial charge in [0.1, 0.15) is 5.82 Å². The number of carbonyl (C=O) groups is 1. The first-order chi connectivity index (χ1) is 14.2. The van der Waals surface area contributed by atoms with Crippen molar-refractivity contribution in [2.75, 3.05) is 4.90 Å². The van der Waals surface area contributed by atoms with Gasteiger partial charge >= 0.3 is 0 Å². The van der Waals surface area contributed by atoms with Crippen LogP contribution in [0.4, 0.5) is 5.69 Å². The first-order valence-corrected chi connectivity index (χ1v) is 11.2. The third-order valence-corrected chi connectivity index (χ3v) is 7.43. The van der Waals surface area contributed by atoms with Gasteiger partial charge in [0.05, 0.1) is 17.6 Å². The summed E-state index contributed by atoms with van der Waals surface area (Å²) in [5, 5.41) is 10.1. The number of nitrogens with zero attached hydrogens (tertiary/aromatic N) is 2. The molecular formula is C25H27N3OS. The minimum absolute atomic E-state index is 0.0152. The summed E-state index contributed by atoms with van der Waals surface area (Å²) < 4.78 is 0. The van der Waals surface area contributed by atoms with Crippen molar-refractivity contribution >= 4 is 22.8 Å². The highest BCUT2D eigenvalue weighted by atomic mass is 32.1. The lowest BCUT2D eigenvalue weighted by atomic mass is 9.78. The van der Waals surface area contributed by atoms with Gasteiger partial charge < -0.3 is 5.73 Å². The highest BCUT2D eigenvalue weighted by Gasteiger charge is 2.41. The third kappa shape index (κ3) is 3.36. The summed E-state index contributed by atoms with van der Waals surface area (Å²) in [6, 6.07) is 14.6. The monoisotopic (exact) mass is 417 g/mol. The number of nitrogens with two attached hydrogens (primary N) is 1. The Hall–Kier alpha value is -2.84. The van der Waals surface area contributed by atoms with Gasteiger partial charge in [-0.3, -0.25) is 9.69 Å². The molecular weight excluding hydrogens is 390 g/mol. The molecule has 4 rings (SSSR count). The largest absolute Gasteiger partial charge is 0.384 e. The Balaban J connectivity index is 1.92. The van der Waals surface area contributed by atoms with E-state index in [9.17, 15) is 10.1 Å². The Bertz CT molecular complexity index is 1110. The molecule has 2 aliphatic rings. The molecule has 1 aromatic carbocycles. The fourth-order valence-electron chi connectivity index (χ4n) is 4.27. The van der Waals surface area contributed by atoms with Gasteiger partial charge in [0.15, 0.2) is 5.78 Å². The number of benzene rings is 1. The lowest BCUT2D eigenvalue weighted by molar-refractivity contribution is -0.116. The van der Waals surface area contributed by atoms with Gasteiger partial charge in [0, 0.05) is 33.1 Å². The number of allylic oxidation sites excluding steroid dienone is 3. The van der Waals surface area contributed by atoms with Crippen LogP contribution in [0, 0.1) is 18.3 Å². The Morgan fingerprint density at radius 3 is 2.43 bits per heavy atom. The molecule has 0 radical (unpaired) electrons. The minimum atomic E-state index is -0.374. The first-order valence-electron chi connectivity index (χ1n) is 10.4. The zero-order chi connectivity index (χ0) is 21.6. The number of rotatable bonds is 2. The number of anilines is 1. The number of ketones is 1. The van der Waals surface area contributed by atoms with Crippen LogP contribution in [-0.2, 0) is 10.2 Å². The van der Waals surface area contributed by atoms with Crippen molar-refractivity contribution in [2.45, 2.75) is 58.3 Å². The van der Waals surface area contributed by atoms with E-state index in [0.717, 1.165) is 40.2 Å². The standard InChI is InChI=1S/C25H27N3OS/c1-15-8-10-16(11-9-15)28-18-6-5-7-19(29)23(18)22(17(14-26)24(28)27)20-12-13-21(30-20)25(2,3)4/h8-13,22H,5-7,27H2,1-4H3/t22-/m0/s1. The van der Waals surface area contributed by atoms with E-state index < -0.39 is 0 Å². The molecule has 0 amide bonds. The van der Waals surface area contributed by atoms with Crippen LogP contribution >= 0.6 is 11.3 Å². The number of carbonyl (C=O) groups excluding carboxylic acids is 1. The van der Waals surface area contributed by atoms with E-state index in [1.165, 1.54) is 4.88 Å². The van der Waals surface area contributed by atoms with Crippen molar-refractivity contribution in [2.24, 2.45) is 5.73 Å². The Kier molecular flexibility index (Phi) is 5.07. The van der Waals surface area contributed by atoms with E-state index in [4.69, 9.17) is 5.73 Å². The van der Waals surface area contributed by atoms with Crippen LogP contribution < -0.4 is 10.6 Å². The second-order valence-electron chi connectivity index (χ2n) is 9.10. The number of thiophene rings is 1. The summed E-state index contributed by atoms with van der Waals surface area (Å²) in [6.45, 7) is 8.56. The van der Waals surface area contributed by atoms with Crippen LogP contribution in [-0.4, -0.2) is 5.78 Å². The lowest BCUT2D eigenvalue weighted by Crippen LogP contribution is -2.38. The number of hydrogen-bond acceptors (Lipinski definition) is 5. The quantitative estimate of drug-likeness (QED) is 0.684. The molecule has 1 aliphatic heterocycles. The average Bonchev–Trinajstić information content (AvgIpc) is 3.19. The Morgan fingerprint density at radius 1 is 1.13 bits per heavy atom. The van der Waals surface area contributed by atoms with Crippen molar-refractivity contribution in [3.05, 3.63) is 74.4 Å². The number of nitriles is 1. The van der Waals surface area contributed by atoms with Crippen LogP contribution in [0.5, 0.6) is 0 Å². The van der Waals surface area contributed by atoms with E-state index >= 15 is 0 Å². The molecule has 0 saturated carbocycles. The van der Waals surface area contributed by atoms with Crippen LogP contribution in [0.1, 0.15) is 61.3 Å². The van der Waals surface area contributed by atoms with Gasteiger partial charge in [-0.05, 0) is 49.4 Å². The zero-order valence-corrected chi connectivity index (χ0v) is 18.8. The molecule has 0 fully saturated rings. The summed E-state index contributed by atoms with van der Waals surface area (Å²) in [4.78, 5) is 17.3. The predicted octanol–water partition coefficient (Wildman–Crippen LogP) is 5.66. The van der Waals surface area contributed by atoms with E-state index in [-0.39, 0.29) is 17.1 Å². The fourth-order valence-corrected chi connectivity index (χ4v) is 5.46. The summed E-state index contributed by atoms with van der Waals surface area (Å²) in [7, 11) is 0. The zero-order valence-electron chi connectivity index (χ0n) is 18.0. The Morgan fingerprint density at radius 2 is 1.83 bits per heavy atom. The van der Waals surface area contributed by atoms with Gasteiger partial charge in [-0.15, -0.1) is 11.3 Å². The minimum Gasteiger partial charge on any atom is -0.384 e. The molecule has 4 nitrogen and oxygen atoms in total. The summed E-state index contributed by atoms with van der Waals surface area (Å²) in [5.74, 6) is 0.190. The summed E-state index contributed by atoms with van der Waals surface area (Å²) in [5.41, 5.74) is 10.8. The molecule has 2 aromatic rings. The van der Waals surface area contributed by atoms with E-state index in [0.29, 0.717) is 17.8 Å². The lowest BCUT2D eigenvalue weighted by Gasteiger charge is -2.39. The maximum absolute atomic E-state index is 13.2. The van der Waals surface area contributed by atoms with E-state index in [1.54, 1.807) is 11.3 Å². The molecule has 0 spiro atoms. The third-order valence-electron chi connectivity index (χ3n) is 5.86.